The van der Waals surface area contributed by atoms with E-state index in [0.29, 0.717) is 34.3 Å². The fourth-order valence-electron chi connectivity index (χ4n) is 3.71. The van der Waals surface area contributed by atoms with Crippen LogP contribution in [0.3, 0.4) is 0 Å². The molecule has 1 saturated heterocycles. The molecule has 0 radical (unpaired) electrons. The van der Waals surface area contributed by atoms with Crippen molar-refractivity contribution in [3.63, 3.8) is 0 Å². The Balaban J connectivity index is 1.88. The highest BCUT2D eigenvalue weighted by molar-refractivity contribution is 8.18. The van der Waals surface area contributed by atoms with Gasteiger partial charge in [-0.05, 0) is 75.4 Å². The highest BCUT2D eigenvalue weighted by Crippen LogP contribution is 2.34. The van der Waals surface area contributed by atoms with Gasteiger partial charge in [-0.25, -0.2) is 9.79 Å². The van der Waals surface area contributed by atoms with Gasteiger partial charge in [0.15, 0.2) is 5.17 Å². The largest absolute Gasteiger partial charge is 0.465 e. The molecule has 0 aliphatic carbocycles. The van der Waals surface area contributed by atoms with E-state index in [9.17, 15) is 9.59 Å². The monoisotopic (exact) mass is 465 g/mol. The smallest absolute Gasteiger partial charge is 0.337 e. The summed E-state index contributed by atoms with van der Waals surface area (Å²) in [5.74, 6) is -0.442. The van der Waals surface area contributed by atoms with Gasteiger partial charge in [0, 0.05) is 25.2 Å². The first kappa shape index (κ1) is 24.7. The number of ether oxygens (including phenoxy) is 1. The van der Waals surface area contributed by atoms with Gasteiger partial charge in [0.2, 0.25) is 0 Å². The van der Waals surface area contributed by atoms with E-state index in [2.05, 4.69) is 32.6 Å². The second-order valence-electron chi connectivity index (χ2n) is 8.34. The number of carbonyl (C=O) groups excluding carboxylic acids is 2. The summed E-state index contributed by atoms with van der Waals surface area (Å²) in [4.78, 5) is 34.5. The van der Waals surface area contributed by atoms with Crippen LogP contribution in [0.1, 0.15) is 43.6 Å². The zero-order valence-electron chi connectivity index (χ0n) is 19.8. The van der Waals surface area contributed by atoms with Crippen LogP contribution in [0.15, 0.2) is 64.5 Å². The van der Waals surface area contributed by atoms with E-state index in [4.69, 9.17) is 9.73 Å². The summed E-state index contributed by atoms with van der Waals surface area (Å²) in [5.41, 5.74) is 2.12. The Labute approximate surface area is 200 Å². The zero-order valence-corrected chi connectivity index (χ0v) is 20.6. The molecule has 0 bridgehead atoms. The lowest BCUT2D eigenvalue weighted by Crippen LogP contribution is -2.43. The van der Waals surface area contributed by atoms with Crippen LogP contribution in [0, 0.1) is 0 Å². The van der Waals surface area contributed by atoms with Gasteiger partial charge >= 0.3 is 5.97 Å². The molecule has 1 heterocycles. The lowest BCUT2D eigenvalue weighted by Gasteiger charge is -2.31. The third-order valence-electron chi connectivity index (χ3n) is 5.41. The topological polar surface area (TPSA) is 62.2 Å². The second-order valence-corrected chi connectivity index (χ2v) is 9.35. The van der Waals surface area contributed by atoms with Crippen LogP contribution in [-0.4, -0.2) is 59.1 Å². The summed E-state index contributed by atoms with van der Waals surface area (Å²) >= 11 is 1.38. The van der Waals surface area contributed by atoms with Gasteiger partial charge < -0.3 is 4.74 Å². The van der Waals surface area contributed by atoms with Crippen molar-refractivity contribution in [2.75, 3.05) is 20.2 Å². The van der Waals surface area contributed by atoms with Crippen molar-refractivity contribution in [2.24, 2.45) is 4.99 Å². The number of amidine groups is 1. The van der Waals surface area contributed by atoms with Crippen LogP contribution in [0.2, 0.25) is 0 Å². The van der Waals surface area contributed by atoms with Gasteiger partial charge in [-0.15, -0.1) is 0 Å². The number of rotatable bonds is 8. The van der Waals surface area contributed by atoms with Crippen LogP contribution in [0.4, 0.5) is 5.69 Å². The molecule has 0 spiro atoms. The number of hydrogen-bond donors (Lipinski definition) is 0. The molecule has 2 aromatic carbocycles. The van der Waals surface area contributed by atoms with E-state index in [-0.39, 0.29) is 11.9 Å². The van der Waals surface area contributed by atoms with E-state index in [1.54, 1.807) is 17.0 Å². The summed E-state index contributed by atoms with van der Waals surface area (Å²) in [6.07, 6.45) is 1.84. The molecular weight excluding hydrogens is 434 g/mol. The van der Waals surface area contributed by atoms with Crippen molar-refractivity contribution in [3.05, 3.63) is 70.6 Å². The molecule has 6 nitrogen and oxygen atoms in total. The maximum Gasteiger partial charge on any atom is 0.337 e. The fourth-order valence-corrected chi connectivity index (χ4v) is 4.74. The first-order valence-corrected chi connectivity index (χ1v) is 11.9. The van der Waals surface area contributed by atoms with Gasteiger partial charge in [0.25, 0.3) is 5.91 Å². The Hall–Kier alpha value is -2.90. The number of carbonyl (C=O) groups is 2. The van der Waals surface area contributed by atoms with Gasteiger partial charge in [-0.1, -0.05) is 30.3 Å². The average Bonchev–Trinajstić information content (AvgIpc) is 3.08. The number of aliphatic imine (C=N–C) groups is 1. The molecule has 0 N–H and O–H groups in total. The highest BCUT2D eigenvalue weighted by atomic mass is 32.2. The number of benzene rings is 2. The van der Waals surface area contributed by atoms with Crippen LogP contribution < -0.4 is 0 Å². The van der Waals surface area contributed by atoms with Crippen LogP contribution in [0.25, 0.3) is 6.08 Å². The van der Waals surface area contributed by atoms with E-state index in [1.165, 1.54) is 18.9 Å². The van der Waals surface area contributed by atoms with Crippen molar-refractivity contribution in [3.8, 4) is 0 Å². The van der Waals surface area contributed by atoms with Crippen molar-refractivity contribution in [1.82, 2.24) is 9.80 Å². The minimum Gasteiger partial charge on any atom is -0.465 e. The molecule has 33 heavy (non-hydrogen) atoms. The molecule has 0 saturated carbocycles. The van der Waals surface area contributed by atoms with Crippen LogP contribution >= 0.6 is 11.8 Å². The van der Waals surface area contributed by atoms with Crippen LogP contribution in [0.5, 0.6) is 0 Å². The number of nitrogens with zero attached hydrogens (tertiary/aromatic N) is 3. The standard InChI is InChI=1S/C26H31N3O3S/c1-18(2)28(19(3)4)15-16-29-24(30)23(33-26(29)27-22-9-7-6-8-10-22)17-20-11-13-21(14-12-20)25(31)32-5/h6-14,17-19H,15-16H2,1-5H3/b23-17-,27-26?. The number of methoxy groups -OCH3 is 1. The minimum atomic E-state index is -0.385. The van der Waals surface area contributed by atoms with Crippen molar-refractivity contribution < 1.29 is 14.3 Å². The number of para-hydroxylation sites is 1. The highest BCUT2D eigenvalue weighted by Gasteiger charge is 2.34. The maximum absolute atomic E-state index is 13.3. The Bertz CT molecular complexity index is 1020. The predicted octanol–water partition coefficient (Wildman–Crippen LogP) is 5.20. The molecule has 1 aliphatic heterocycles. The van der Waals surface area contributed by atoms with E-state index >= 15 is 0 Å². The van der Waals surface area contributed by atoms with Crippen LogP contribution in [-0.2, 0) is 9.53 Å². The van der Waals surface area contributed by atoms with Gasteiger partial charge in [0.1, 0.15) is 0 Å². The number of thioether (sulfide) groups is 1. The number of amides is 1. The summed E-state index contributed by atoms with van der Waals surface area (Å²) in [6.45, 7) is 10.0. The first-order chi connectivity index (χ1) is 15.8. The molecule has 0 aromatic heterocycles. The quantitative estimate of drug-likeness (QED) is 0.396. The molecule has 7 heteroatoms. The Morgan fingerprint density at radius 2 is 1.70 bits per heavy atom. The van der Waals surface area contributed by atoms with E-state index in [0.717, 1.165) is 17.8 Å². The Kier molecular flexibility index (Phi) is 8.47. The van der Waals surface area contributed by atoms with E-state index in [1.807, 2.05) is 48.5 Å². The normalized spacial score (nSPS) is 16.6. The minimum absolute atomic E-state index is 0.0563. The third kappa shape index (κ3) is 6.33. The average molecular weight is 466 g/mol. The Morgan fingerprint density at radius 3 is 2.27 bits per heavy atom. The van der Waals surface area contributed by atoms with Gasteiger partial charge in [-0.2, -0.15) is 0 Å². The first-order valence-electron chi connectivity index (χ1n) is 11.1. The number of esters is 1. The fraction of sp³-hybridized carbons (Fsp3) is 0.346. The molecule has 0 atom stereocenters. The van der Waals surface area contributed by atoms with Gasteiger partial charge in [0.05, 0.1) is 23.3 Å². The van der Waals surface area contributed by atoms with E-state index < -0.39 is 0 Å². The zero-order chi connectivity index (χ0) is 24.0. The molecule has 174 valence electrons. The molecular formula is C26H31N3O3S. The lowest BCUT2D eigenvalue weighted by atomic mass is 10.1. The maximum atomic E-state index is 13.3. The molecule has 1 amide bonds. The summed E-state index contributed by atoms with van der Waals surface area (Å²) < 4.78 is 4.75. The summed E-state index contributed by atoms with van der Waals surface area (Å²) in [6, 6.07) is 17.4. The number of hydrogen-bond acceptors (Lipinski definition) is 6. The SMILES string of the molecule is COC(=O)c1ccc(/C=C2\SC(=Nc3ccccc3)N(CCN(C(C)C)C(C)C)C2=O)cc1. The molecule has 3 rings (SSSR count). The molecule has 1 aliphatic rings. The summed E-state index contributed by atoms with van der Waals surface area (Å²) in [5, 5.41) is 0.677. The lowest BCUT2D eigenvalue weighted by molar-refractivity contribution is -0.122. The van der Waals surface area contributed by atoms with Crippen molar-refractivity contribution in [1.29, 1.82) is 0 Å². The third-order valence-corrected chi connectivity index (χ3v) is 6.41. The van der Waals surface area contributed by atoms with Crippen molar-refractivity contribution >= 4 is 40.6 Å². The predicted molar refractivity (Wildman–Crippen MR) is 136 cm³/mol. The second kappa shape index (κ2) is 11.3. The molecule has 0 unspecified atom stereocenters. The molecule has 1 fully saturated rings. The summed E-state index contributed by atoms with van der Waals surface area (Å²) in [7, 11) is 1.36. The van der Waals surface area contributed by atoms with Crippen molar-refractivity contribution in [2.45, 2.75) is 39.8 Å². The Morgan fingerprint density at radius 1 is 1.06 bits per heavy atom. The van der Waals surface area contributed by atoms with Gasteiger partial charge in [-0.3, -0.25) is 14.6 Å². The molecule has 2 aromatic rings.